The number of amides is 1. The normalized spacial score (nSPS) is 17.5. The summed E-state index contributed by atoms with van der Waals surface area (Å²) < 4.78 is 0. The summed E-state index contributed by atoms with van der Waals surface area (Å²) in [5.41, 5.74) is 0.889. The molecule has 1 aliphatic heterocycles. The van der Waals surface area contributed by atoms with Crippen molar-refractivity contribution >= 4 is 11.6 Å². The van der Waals surface area contributed by atoms with Crippen LogP contribution in [0.15, 0.2) is 24.3 Å². The smallest absolute Gasteiger partial charge is 0.275 e. The zero-order valence-corrected chi connectivity index (χ0v) is 12.9. The van der Waals surface area contributed by atoms with Gasteiger partial charge in [-0.25, -0.2) is 0 Å². The van der Waals surface area contributed by atoms with Crippen LogP contribution in [0.25, 0.3) is 0 Å². The molecule has 0 aliphatic carbocycles. The molecule has 1 heterocycles. The Labute approximate surface area is 126 Å². The first-order chi connectivity index (χ1) is 10.1. The molecule has 5 nitrogen and oxygen atoms in total. The first-order valence-electron chi connectivity index (χ1n) is 7.76. The number of aromatic hydroxyl groups is 1. The van der Waals surface area contributed by atoms with Gasteiger partial charge < -0.3 is 20.2 Å². The van der Waals surface area contributed by atoms with Crippen molar-refractivity contribution < 1.29 is 14.8 Å². The number of benzene rings is 1. The van der Waals surface area contributed by atoms with Gasteiger partial charge in [-0.2, -0.15) is 0 Å². The number of quaternary nitrogens is 1. The first-order valence-corrected chi connectivity index (χ1v) is 7.76. The van der Waals surface area contributed by atoms with E-state index in [9.17, 15) is 9.90 Å². The van der Waals surface area contributed by atoms with E-state index in [4.69, 9.17) is 0 Å². The highest BCUT2D eigenvalue weighted by Crippen LogP contribution is 2.25. The molecular weight excluding hydrogens is 266 g/mol. The predicted molar refractivity (Wildman–Crippen MR) is 83.8 cm³/mol. The van der Waals surface area contributed by atoms with E-state index in [1.54, 1.807) is 6.07 Å². The number of anilines is 1. The topological polar surface area (TPSA) is 57.0 Å². The molecular formula is C16H26N3O2+. The van der Waals surface area contributed by atoms with Crippen molar-refractivity contribution in [2.45, 2.75) is 26.3 Å². The fourth-order valence-corrected chi connectivity index (χ4v) is 2.63. The van der Waals surface area contributed by atoms with Crippen LogP contribution in [0.2, 0.25) is 0 Å². The minimum atomic E-state index is 0.135. The third-order valence-corrected chi connectivity index (χ3v) is 4.12. The lowest BCUT2D eigenvalue weighted by Crippen LogP contribution is -3.16. The van der Waals surface area contributed by atoms with Crippen LogP contribution in [0.5, 0.6) is 5.75 Å². The van der Waals surface area contributed by atoms with Gasteiger partial charge in [-0.15, -0.1) is 0 Å². The van der Waals surface area contributed by atoms with Crippen LogP contribution in [0.4, 0.5) is 5.69 Å². The van der Waals surface area contributed by atoms with Gasteiger partial charge in [0, 0.05) is 6.04 Å². The van der Waals surface area contributed by atoms with Gasteiger partial charge in [0.15, 0.2) is 6.54 Å². The number of nitrogens with one attached hydrogen (secondary N) is 2. The molecule has 1 aromatic rings. The Morgan fingerprint density at radius 1 is 1.38 bits per heavy atom. The number of carbonyl (C=O) groups is 1. The first kappa shape index (κ1) is 15.6. The third-order valence-electron chi connectivity index (χ3n) is 4.12. The molecule has 0 spiro atoms. The molecule has 1 aromatic carbocycles. The van der Waals surface area contributed by atoms with Crippen LogP contribution in [-0.2, 0) is 4.79 Å². The van der Waals surface area contributed by atoms with Crippen LogP contribution >= 0.6 is 0 Å². The van der Waals surface area contributed by atoms with Gasteiger partial charge in [0.05, 0.1) is 31.9 Å². The largest absolute Gasteiger partial charge is 0.506 e. The van der Waals surface area contributed by atoms with Crippen LogP contribution in [0.3, 0.4) is 0 Å². The van der Waals surface area contributed by atoms with E-state index in [0.717, 1.165) is 38.3 Å². The van der Waals surface area contributed by atoms with E-state index in [2.05, 4.69) is 17.1 Å². The molecule has 1 atom stereocenters. The van der Waals surface area contributed by atoms with Crippen LogP contribution in [0, 0.1) is 0 Å². The monoisotopic (exact) mass is 292 g/mol. The number of carbonyl (C=O) groups excluding carboxylic acids is 1. The summed E-state index contributed by atoms with van der Waals surface area (Å²) >= 11 is 0. The van der Waals surface area contributed by atoms with Crippen molar-refractivity contribution in [1.82, 2.24) is 5.32 Å². The van der Waals surface area contributed by atoms with Crippen molar-refractivity contribution in [2.75, 3.05) is 37.6 Å². The molecule has 1 aliphatic rings. The van der Waals surface area contributed by atoms with Gasteiger partial charge in [0.25, 0.3) is 5.91 Å². The average Bonchev–Trinajstić information content (AvgIpc) is 2.48. The number of para-hydroxylation sites is 2. The molecule has 0 unspecified atom stereocenters. The number of piperazine rings is 1. The van der Waals surface area contributed by atoms with Crippen molar-refractivity contribution in [3.05, 3.63) is 24.3 Å². The van der Waals surface area contributed by atoms with Crippen LogP contribution in [0.1, 0.15) is 20.3 Å². The molecule has 3 N–H and O–H groups in total. The average molecular weight is 292 g/mol. The van der Waals surface area contributed by atoms with E-state index >= 15 is 0 Å². The van der Waals surface area contributed by atoms with Crippen molar-refractivity contribution in [1.29, 1.82) is 0 Å². The molecule has 1 amide bonds. The molecule has 21 heavy (non-hydrogen) atoms. The number of hydrogen-bond acceptors (Lipinski definition) is 3. The summed E-state index contributed by atoms with van der Waals surface area (Å²) in [5, 5.41) is 12.9. The summed E-state index contributed by atoms with van der Waals surface area (Å²) in [7, 11) is 0. The lowest BCUT2D eigenvalue weighted by Gasteiger charge is -2.33. The van der Waals surface area contributed by atoms with E-state index in [1.807, 2.05) is 25.1 Å². The van der Waals surface area contributed by atoms with Crippen molar-refractivity contribution in [3.8, 4) is 5.75 Å². The van der Waals surface area contributed by atoms with Crippen molar-refractivity contribution in [2.24, 2.45) is 0 Å². The summed E-state index contributed by atoms with van der Waals surface area (Å²) in [6.45, 7) is 8.21. The highest BCUT2D eigenvalue weighted by atomic mass is 16.3. The minimum absolute atomic E-state index is 0.135. The molecule has 116 valence electrons. The van der Waals surface area contributed by atoms with Gasteiger partial charge in [-0.05, 0) is 25.5 Å². The van der Waals surface area contributed by atoms with Crippen molar-refractivity contribution in [3.63, 3.8) is 0 Å². The zero-order valence-electron chi connectivity index (χ0n) is 12.9. The Morgan fingerprint density at radius 3 is 2.67 bits per heavy atom. The van der Waals surface area contributed by atoms with Gasteiger partial charge in [-0.3, -0.25) is 4.79 Å². The number of phenolic OH excluding ortho intramolecular Hbond substituents is 1. The molecule has 0 radical (unpaired) electrons. The van der Waals surface area contributed by atoms with E-state index < -0.39 is 0 Å². The fraction of sp³-hybridized carbons (Fsp3) is 0.562. The second-order valence-electron chi connectivity index (χ2n) is 5.78. The second-order valence-corrected chi connectivity index (χ2v) is 5.78. The Bertz CT molecular complexity index is 470. The lowest BCUT2D eigenvalue weighted by atomic mass is 10.2. The molecule has 5 heteroatoms. The Hall–Kier alpha value is -1.75. The molecule has 0 bridgehead atoms. The second kappa shape index (κ2) is 7.31. The molecule has 2 rings (SSSR count). The summed E-state index contributed by atoms with van der Waals surface area (Å²) in [4.78, 5) is 15.4. The Balaban J connectivity index is 1.81. The third kappa shape index (κ3) is 4.36. The lowest BCUT2D eigenvalue weighted by molar-refractivity contribution is -0.892. The van der Waals surface area contributed by atoms with Crippen LogP contribution in [-0.4, -0.2) is 49.8 Å². The highest BCUT2D eigenvalue weighted by molar-refractivity contribution is 5.77. The molecule has 1 saturated heterocycles. The standard InChI is InChI=1S/C16H25N3O2/c1-3-13(2)17-16(21)12-18-8-10-19(11-9-18)14-6-4-5-7-15(14)20/h4-7,13,20H,3,8-12H2,1-2H3,(H,17,21)/p+1/t13-/m1/s1. The summed E-state index contributed by atoms with van der Waals surface area (Å²) in [6, 6.07) is 7.68. The van der Waals surface area contributed by atoms with Gasteiger partial charge >= 0.3 is 0 Å². The van der Waals surface area contributed by atoms with E-state index in [0.29, 0.717) is 12.3 Å². The molecule has 0 saturated carbocycles. The predicted octanol–water partition coefficient (Wildman–Crippen LogP) is 0.0118. The quantitative estimate of drug-likeness (QED) is 0.717. The molecule has 0 aromatic heterocycles. The Morgan fingerprint density at radius 2 is 2.05 bits per heavy atom. The maximum atomic E-state index is 11.9. The van der Waals surface area contributed by atoms with Gasteiger partial charge in [0.1, 0.15) is 5.75 Å². The minimum Gasteiger partial charge on any atom is -0.506 e. The SMILES string of the molecule is CC[C@@H](C)NC(=O)C[NH+]1CCN(c2ccccc2O)CC1. The highest BCUT2D eigenvalue weighted by Gasteiger charge is 2.23. The van der Waals surface area contributed by atoms with E-state index in [1.165, 1.54) is 4.90 Å². The number of phenols is 1. The maximum absolute atomic E-state index is 11.9. The Kier molecular flexibility index (Phi) is 5.44. The van der Waals surface area contributed by atoms with Crippen LogP contribution < -0.4 is 15.1 Å². The summed E-state index contributed by atoms with van der Waals surface area (Å²) in [6.07, 6.45) is 0.960. The number of rotatable bonds is 5. The molecule has 1 fully saturated rings. The van der Waals surface area contributed by atoms with Gasteiger partial charge in [-0.1, -0.05) is 19.1 Å². The number of nitrogens with zero attached hydrogens (tertiary/aromatic N) is 1. The van der Waals surface area contributed by atoms with E-state index in [-0.39, 0.29) is 11.9 Å². The van der Waals surface area contributed by atoms with Gasteiger partial charge in [0.2, 0.25) is 0 Å². The number of hydrogen-bond donors (Lipinski definition) is 3. The maximum Gasteiger partial charge on any atom is 0.275 e. The fourth-order valence-electron chi connectivity index (χ4n) is 2.63. The summed E-state index contributed by atoms with van der Waals surface area (Å²) in [5.74, 6) is 0.464. The zero-order chi connectivity index (χ0) is 15.2.